The van der Waals surface area contributed by atoms with E-state index >= 15 is 0 Å². The molecule has 2 aliphatic rings. The molecule has 0 aromatic heterocycles. The highest BCUT2D eigenvalue weighted by atomic mass is 16.2. The van der Waals surface area contributed by atoms with Gasteiger partial charge in [0.2, 0.25) is 0 Å². The predicted octanol–water partition coefficient (Wildman–Crippen LogP) is 1.27. The Bertz CT molecular complexity index is 242. The van der Waals surface area contributed by atoms with Crippen molar-refractivity contribution in [3.63, 3.8) is 0 Å². The second-order valence-corrected chi connectivity index (χ2v) is 4.04. The molecule has 2 heterocycles. The van der Waals surface area contributed by atoms with Crippen LogP contribution in [-0.4, -0.2) is 30.4 Å². The van der Waals surface area contributed by atoms with Crippen LogP contribution >= 0.6 is 0 Å². The van der Waals surface area contributed by atoms with E-state index < -0.39 is 0 Å². The van der Waals surface area contributed by atoms with Gasteiger partial charge in [0.25, 0.3) is 5.91 Å². The molecule has 0 unspecified atom stereocenters. The number of carbonyl (C=O) groups excluding carboxylic acids is 1. The van der Waals surface area contributed by atoms with Gasteiger partial charge in [-0.05, 0) is 32.1 Å². The molecule has 1 fully saturated rings. The van der Waals surface area contributed by atoms with Gasteiger partial charge in [-0.2, -0.15) is 0 Å². The Morgan fingerprint density at radius 3 is 2.71 bits per heavy atom. The maximum Gasteiger partial charge on any atom is 0.267 e. The van der Waals surface area contributed by atoms with E-state index in [1.165, 1.54) is 19.3 Å². The van der Waals surface area contributed by atoms with Crippen LogP contribution in [0, 0.1) is 0 Å². The van der Waals surface area contributed by atoms with Crippen LogP contribution in [0.3, 0.4) is 0 Å². The van der Waals surface area contributed by atoms with Crippen molar-refractivity contribution < 1.29 is 4.79 Å². The van der Waals surface area contributed by atoms with Gasteiger partial charge in [0.05, 0.1) is 5.70 Å². The summed E-state index contributed by atoms with van der Waals surface area (Å²) >= 11 is 0. The maximum atomic E-state index is 11.7. The zero-order chi connectivity index (χ0) is 9.80. The van der Waals surface area contributed by atoms with Crippen LogP contribution in [0.15, 0.2) is 11.8 Å². The third kappa shape index (κ3) is 2.08. The van der Waals surface area contributed by atoms with E-state index in [4.69, 9.17) is 0 Å². The quantitative estimate of drug-likeness (QED) is 0.681. The van der Waals surface area contributed by atoms with Gasteiger partial charge in [-0.3, -0.25) is 4.79 Å². The first-order valence-corrected chi connectivity index (χ1v) is 5.61. The molecule has 14 heavy (non-hydrogen) atoms. The second-order valence-electron chi connectivity index (χ2n) is 4.04. The van der Waals surface area contributed by atoms with Gasteiger partial charge in [-0.1, -0.05) is 6.08 Å². The fraction of sp³-hybridized carbons (Fsp3) is 0.727. The van der Waals surface area contributed by atoms with Crippen LogP contribution in [-0.2, 0) is 4.79 Å². The van der Waals surface area contributed by atoms with Gasteiger partial charge in [0.15, 0.2) is 0 Å². The van der Waals surface area contributed by atoms with E-state index in [1.807, 2.05) is 0 Å². The van der Waals surface area contributed by atoms with Crippen LogP contribution in [0.5, 0.6) is 0 Å². The van der Waals surface area contributed by atoms with Crippen LogP contribution in [0.25, 0.3) is 0 Å². The fourth-order valence-corrected chi connectivity index (χ4v) is 2.13. The zero-order valence-electron chi connectivity index (χ0n) is 8.59. The summed E-state index contributed by atoms with van der Waals surface area (Å²) in [6, 6.07) is 0. The van der Waals surface area contributed by atoms with Crippen LogP contribution < -0.4 is 5.32 Å². The molecule has 0 aromatic rings. The molecule has 0 aromatic carbocycles. The Morgan fingerprint density at radius 1 is 1.14 bits per heavy atom. The lowest BCUT2D eigenvalue weighted by Crippen LogP contribution is -2.37. The van der Waals surface area contributed by atoms with Crippen molar-refractivity contribution in [3.8, 4) is 0 Å². The van der Waals surface area contributed by atoms with Gasteiger partial charge in [0, 0.05) is 19.6 Å². The highest BCUT2D eigenvalue weighted by molar-refractivity contribution is 5.93. The first kappa shape index (κ1) is 9.56. The Balaban J connectivity index is 2.05. The van der Waals surface area contributed by atoms with E-state index in [0.717, 1.165) is 38.2 Å². The summed E-state index contributed by atoms with van der Waals surface area (Å²) in [6.45, 7) is 2.94. The van der Waals surface area contributed by atoms with Gasteiger partial charge >= 0.3 is 0 Å². The minimum absolute atomic E-state index is 0.129. The predicted molar refractivity (Wildman–Crippen MR) is 55.8 cm³/mol. The van der Waals surface area contributed by atoms with E-state index in [2.05, 4.69) is 16.3 Å². The Hall–Kier alpha value is -0.990. The molecular formula is C11H18N2O. The molecule has 0 spiro atoms. The number of amides is 1. The summed E-state index contributed by atoms with van der Waals surface area (Å²) in [5.41, 5.74) is 0.919. The number of rotatable bonds is 1. The van der Waals surface area contributed by atoms with Crippen molar-refractivity contribution in [1.29, 1.82) is 0 Å². The average molecular weight is 194 g/mol. The molecule has 0 atom stereocenters. The maximum absolute atomic E-state index is 11.7. The molecule has 0 radical (unpaired) electrons. The molecule has 1 N–H and O–H groups in total. The minimum atomic E-state index is 0.129. The van der Waals surface area contributed by atoms with Crippen LogP contribution in [0.4, 0.5) is 0 Å². The highest BCUT2D eigenvalue weighted by Gasteiger charge is 2.20. The summed E-state index contributed by atoms with van der Waals surface area (Å²) in [5.74, 6) is 0.129. The summed E-state index contributed by atoms with van der Waals surface area (Å²) in [5, 5.41) is 2.94. The number of nitrogens with one attached hydrogen (secondary N) is 1. The van der Waals surface area contributed by atoms with Crippen molar-refractivity contribution in [3.05, 3.63) is 11.8 Å². The fourth-order valence-electron chi connectivity index (χ4n) is 2.13. The van der Waals surface area contributed by atoms with E-state index in [1.54, 1.807) is 0 Å². The molecule has 78 valence electrons. The molecule has 2 rings (SSSR count). The molecule has 0 bridgehead atoms. The minimum Gasteiger partial charge on any atom is -0.367 e. The van der Waals surface area contributed by atoms with Gasteiger partial charge < -0.3 is 10.2 Å². The lowest BCUT2D eigenvalue weighted by Gasteiger charge is -2.29. The molecule has 1 saturated heterocycles. The smallest absolute Gasteiger partial charge is 0.267 e. The topological polar surface area (TPSA) is 32.3 Å². The third-order valence-electron chi connectivity index (χ3n) is 2.93. The standard InChI is InChI=1S/C11H18N2O/c14-11-10(6-2-3-7-12-11)13-8-4-1-5-9-13/h6H,1-5,7-9H2,(H,12,14). The number of likely N-dealkylation sites (tertiary alicyclic amines) is 1. The Kier molecular flexibility index (Phi) is 3.07. The van der Waals surface area contributed by atoms with Gasteiger partial charge in [0.1, 0.15) is 0 Å². The van der Waals surface area contributed by atoms with Crippen molar-refractivity contribution in [2.24, 2.45) is 0 Å². The number of hydrogen-bond donors (Lipinski definition) is 1. The monoisotopic (exact) mass is 194 g/mol. The SMILES string of the molecule is O=C1NCCCC=C1N1CCCCC1. The summed E-state index contributed by atoms with van der Waals surface area (Å²) in [4.78, 5) is 13.9. The summed E-state index contributed by atoms with van der Waals surface area (Å²) < 4.78 is 0. The first-order chi connectivity index (χ1) is 6.88. The van der Waals surface area contributed by atoms with Crippen LogP contribution in [0.1, 0.15) is 32.1 Å². The van der Waals surface area contributed by atoms with Crippen molar-refractivity contribution in [2.75, 3.05) is 19.6 Å². The van der Waals surface area contributed by atoms with Gasteiger partial charge in [-0.15, -0.1) is 0 Å². The second kappa shape index (κ2) is 4.49. The molecular weight excluding hydrogens is 176 g/mol. The normalized spacial score (nSPS) is 23.9. The number of allylic oxidation sites excluding steroid dienone is 1. The molecule has 1 amide bonds. The molecule has 0 saturated carbocycles. The van der Waals surface area contributed by atoms with Crippen molar-refractivity contribution >= 4 is 5.91 Å². The summed E-state index contributed by atoms with van der Waals surface area (Å²) in [6.07, 6.45) is 7.97. The van der Waals surface area contributed by atoms with Crippen molar-refractivity contribution in [1.82, 2.24) is 10.2 Å². The van der Waals surface area contributed by atoms with E-state index in [-0.39, 0.29) is 5.91 Å². The number of carbonyl (C=O) groups is 1. The van der Waals surface area contributed by atoms with Gasteiger partial charge in [-0.25, -0.2) is 0 Å². The lowest BCUT2D eigenvalue weighted by molar-refractivity contribution is -0.119. The summed E-state index contributed by atoms with van der Waals surface area (Å²) in [7, 11) is 0. The number of piperidine rings is 1. The molecule has 2 aliphatic heterocycles. The molecule has 3 nitrogen and oxygen atoms in total. The molecule has 3 heteroatoms. The van der Waals surface area contributed by atoms with E-state index in [0.29, 0.717) is 0 Å². The van der Waals surface area contributed by atoms with Crippen molar-refractivity contribution in [2.45, 2.75) is 32.1 Å². The third-order valence-corrected chi connectivity index (χ3v) is 2.93. The largest absolute Gasteiger partial charge is 0.367 e. The highest BCUT2D eigenvalue weighted by Crippen LogP contribution is 2.16. The van der Waals surface area contributed by atoms with E-state index in [9.17, 15) is 4.79 Å². The lowest BCUT2D eigenvalue weighted by atomic mass is 10.1. The Morgan fingerprint density at radius 2 is 1.93 bits per heavy atom. The average Bonchev–Trinajstić information content (AvgIpc) is 2.44. The van der Waals surface area contributed by atoms with Crippen LogP contribution in [0.2, 0.25) is 0 Å². The number of nitrogens with zero attached hydrogens (tertiary/aromatic N) is 1. The number of hydrogen-bond acceptors (Lipinski definition) is 2. The zero-order valence-corrected chi connectivity index (χ0v) is 8.59. The first-order valence-electron chi connectivity index (χ1n) is 5.61. The molecule has 0 aliphatic carbocycles. The Labute approximate surface area is 85.2 Å².